The van der Waals surface area contributed by atoms with E-state index in [1.807, 2.05) is 60.5 Å². The van der Waals surface area contributed by atoms with Crippen LogP contribution in [0.3, 0.4) is 0 Å². The van der Waals surface area contributed by atoms with Gasteiger partial charge in [-0.25, -0.2) is 0 Å². The standard InChI is InChI=1S/C21H19N5O3/c1-25-18-5-3-2-4-17(18)19(23-25)21(27)26-11-10-16(12-26)29-15-8-6-14(7-9-15)20-22-13-28-24-20/h2-9,13,16H,10-12H2,1H3. The number of aryl methyl sites for hydroxylation is 1. The summed E-state index contributed by atoms with van der Waals surface area (Å²) in [5.74, 6) is 1.23. The van der Waals surface area contributed by atoms with Gasteiger partial charge in [0.15, 0.2) is 5.69 Å². The quantitative estimate of drug-likeness (QED) is 0.533. The predicted molar refractivity (Wildman–Crippen MR) is 105 cm³/mol. The van der Waals surface area contributed by atoms with Gasteiger partial charge in [0.2, 0.25) is 12.2 Å². The van der Waals surface area contributed by atoms with Crippen molar-refractivity contribution in [1.82, 2.24) is 24.8 Å². The number of rotatable bonds is 4. The predicted octanol–water partition coefficient (Wildman–Crippen LogP) is 2.92. The van der Waals surface area contributed by atoms with Crippen LogP contribution >= 0.6 is 0 Å². The van der Waals surface area contributed by atoms with Crippen LogP contribution in [0.25, 0.3) is 22.3 Å². The van der Waals surface area contributed by atoms with Crippen molar-refractivity contribution in [3.8, 4) is 17.1 Å². The number of ether oxygens (including phenoxy) is 1. The van der Waals surface area contributed by atoms with Gasteiger partial charge in [0.25, 0.3) is 5.91 Å². The van der Waals surface area contributed by atoms with Gasteiger partial charge in [-0.1, -0.05) is 23.4 Å². The summed E-state index contributed by atoms with van der Waals surface area (Å²) in [6, 6.07) is 15.3. The smallest absolute Gasteiger partial charge is 0.275 e. The Labute approximate surface area is 166 Å². The van der Waals surface area contributed by atoms with Crippen molar-refractivity contribution in [3.63, 3.8) is 0 Å². The van der Waals surface area contributed by atoms with Crippen LogP contribution in [0, 0.1) is 0 Å². The van der Waals surface area contributed by atoms with E-state index in [4.69, 9.17) is 9.26 Å². The normalized spacial score (nSPS) is 16.4. The van der Waals surface area contributed by atoms with E-state index in [1.54, 1.807) is 4.68 Å². The molecule has 1 aliphatic heterocycles. The largest absolute Gasteiger partial charge is 0.489 e. The van der Waals surface area contributed by atoms with Crippen LogP contribution in [0.4, 0.5) is 0 Å². The van der Waals surface area contributed by atoms with Crippen molar-refractivity contribution in [2.75, 3.05) is 13.1 Å². The number of aromatic nitrogens is 4. The van der Waals surface area contributed by atoms with Gasteiger partial charge in [-0.2, -0.15) is 10.1 Å². The van der Waals surface area contributed by atoms with Gasteiger partial charge in [0.1, 0.15) is 11.9 Å². The van der Waals surface area contributed by atoms with Crippen molar-refractivity contribution in [2.24, 2.45) is 7.05 Å². The van der Waals surface area contributed by atoms with E-state index in [1.165, 1.54) is 6.39 Å². The third-order valence-corrected chi connectivity index (χ3v) is 5.17. The molecule has 0 N–H and O–H groups in total. The van der Waals surface area contributed by atoms with E-state index in [-0.39, 0.29) is 12.0 Å². The molecule has 0 spiro atoms. The molecule has 0 aliphatic carbocycles. The molecular weight excluding hydrogens is 370 g/mol. The first-order valence-corrected chi connectivity index (χ1v) is 9.43. The number of carbonyl (C=O) groups is 1. The number of benzene rings is 2. The summed E-state index contributed by atoms with van der Waals surface area (Å²) in [6.07, 6.45) is 2.03. The SMILES string of the molecule is Cn1nc(C(=O)N2CCC(Oc3ccc(-c4ncon4)cc3)C2)c2ccccc21. The number of para-hydroxylation sites is 1. The minimum atomic E-state index is -0.0552. The fourth-order valence-electron chi connectivity index (χ4n) is 3.70. The highest BCUT2D eigenvalue weighted by Crippen LogP contribution is 2.24. The Hall–Kier alpha value is -3.68. The molecule has 0 radical (unpaired) electrons. The molecule has 0 bridgehead atoms. The molecule has 1 atom stereocenters. The first kappa shape index (κ1) is 17.4. The Bertz CT molecular complexity index is 1150. The second kappa shape index (κ2) is 7.05. The van der Waals surface area contributed by atoms with E-state index in [0.29, 0.717) is 24.6 Å². The summed E-state index contributed by atoms with van der Waals surface area (Å²) in [5.41, 5.74) is 2.30. The zero-order chi connectivity index (χ0) is 19.8. The maximum atomic E-state index is 13.0. The molecule has 146 valence electrons. The molecule has 8 nitrogen and oxygen atoms in total. The number of fused-ring (bicyclic) bond motifs is 1. The van der Waals surface area contributed by atoms with Crippen molar-refractivity contribution < 1.29 is 14.1 Å². The van der Waals surface area contributed by atoms with Gasteiger partial charge in [-0.15, -0.1) is 0 Å². The maximum absolute atomic E-state index is 13.0. The average molecular weight is 389 g/mol. The number of hydrogen-bond acceptors (Lipinski definition) is 6. The molecule has 1 amide bonds. The van der Waals surface area contributed by atoms with Gasteiger partial charge >= 0.3 is 0 Å². The molecule has 8 heteroatoms. The molecule has 29 heavy (non-hydrogen) atoms. The van der Waals surface area contributed by atoms with E-state index in [0.717, 1.165) is 28.6 Å². The van der Waals surface area contributed by atoms with Crippen LogP contribution in [-0.4, -0.2) is 49.9 Å². The lowest BCUT2D eigenvalue weighted by Gasteiger charge is -2.16. The summed E-state index contributed by atoms with van der Waals surface area (Å²) < 4.78 is 12.6. The Kier molecular flexibility index (Phi) is 4.23. The zero-order valence-corrected chi connectivity index (χ0v) is 15.9. The lowest BCUT2D eigenvalue weighted by atomic mass is 10.2. The summed E-state index contributed by atoms with van der Waals surface area (Å²) in [5, 5.41) is 9.14. The molecule has 1 unspecified atom stereocenters. The van der Waals surface area contributed by atoms with Gasteiger partial charge < -0.3 is 14.2 Å². The molecule has 5 rings (SSSR count). The molecule has 1 saturated heterocycles. The lowest BCUT2D eigenvalue weighted by molar-refractivity contribution is 0.0767. The highest BCUT2D eigenvalue weighted by atomic mass is 16.5. The minimum Gasteiger partial charge on any atom is -0.489 e. The molecular formula is C21H19N5O3. The third kappa shape index (κ3) is 3.22. The Morgan fingerprint density at radius 2 is 2.00 bits per heavy atom. The van der Waals surface area contributed by atoms with Gasteiger partial charge in [0, 0.05) is 31.0 Å². The van der Waals surface area contributed by atoms with Crippen molar-refractivity contribution >= 4 is 16.8 Å². The summed E-state index contributed by atoms with van der Waals surface area (Å²) >= 11 is 0. The number of amides is 1. The third-order valence-electron chi connectivity index (χ3n) is 5.17. The second-order valence-electron chi connectivity index (χ2n) is 7.05. The monoisotopic (exact) mass is 389 g/mol. The Morgan fingerprint density at radius 1 is 1.17 bits per heavy atom. The van der Waals surface area contributed by atoms with Crippen LogP contribution in [0.2, 0.25) is 0 Å². The minimum absolute atomic E-state index is 0.0510. The number of likely N-dealkylation sites (tertiary alicyclic amines) is 1. The number of carbonyl (C=O) groups excluding carboxylic acids is 1. The van der Waals surface area contributed by atoms with Crippen molar-refractivity contribution in [3.05, 3.63) is 60.6 Å². The molecule has 3 heterocycles. The first-order chi connectivity index (χ1) is 14.2. The molecule has 0 saturated carbocycles. The van der Waals surface area contributed by atoms with Crippen LogP contribution in [0.1, 0.15) is 16.9 Å². The number of hydrogen-bond donors (Lipinski definition) is 0. The molecule has 1 fully saturated rings. The molecule has 2 aromatic heterocycles. The Morgan fingerprint density at radius 3 is 2.79 bits per heavy atom. The van der Waals surface area contributed by atoms with Crippen molar-refractivity contribution in [1.29, 1.82) is 0 Å². The fourth-order valence-corrected chi connectivity index (χ4v) is 3.70. The topological polar surface area (TPSA) is 86.3 Å². The van der Waals surface area contributed by atoms with E-state index in [2.05, 4.69) is 15.2 Å². The molecule has 4 aromatic rings. The zero-order valence-electron chi connectivity index (χ0n) is 15.9. The van der Waals surface area contributed by atoms with Gasteiger partial charge in [0.05, 0.1) is 12.1 Å². The second-order valence-corrected chi connectivity index (χ2v) is 7.05. The van der Waals surface area contributed by atoms with Gasteiger partial charge in [-0.05, 0) is 30.3 Å². The van der Waals surface area contributed by atoms with E-state index >= 15 is 0 Å². The van der Waals surface area contributed by atoms with Crippen LogP contribution < -0.4 is 4.74 Å². The van der Waals surface area contributed by atoms with E-state index < -0.39 is 0 Å². The van der Waals surface area contributed by atoms with Crippen molar-refractivity contribution in [2.45, 2.75) is 12.5 Å². The number of nitrogens with zero attached hydrogens (tertiary/aromatic N) is 5. The van der Waals surface area contributed by atoms with Crippen LogP contribution in [0.5, 0.6) is 5.75 Å². The average Bonchev–Trinajstić information content (AvgIpc) is 3.49. The summed E-state index contributed by atoms with van der Waals surface area (Å²) in [6.45, 7) is 1.19. The highest BCUT2D eigenvalue weighted by molar-refractivity contribution is 6.04. The highest BCUT2D eigenvalue weighted by Gasteiger charge is 2.30. The molecule has 2 aromatic carbocycles. The van der Waals surface area contributed by atoms with E-state index in [9.17, 15) is 4.79 Å². The van der Waals surface area contributed by atoms with Crippen LogP contribution in [-0.2, 0) is 7.05 Å². The summed E-state index contributed by atoms with van der Waals surface area (Å²) in [7, 11) is 1.85. The first-order valence-electron chi connectivity index (χ1n) is 9.43. The Balaban J connectivity index is 1.27. The summed E-state index contributed by atoms with van der Waals surface area (Å²) in [4.78, 5) is 18.9. The lowest BCUT2D eigenvalue weighted by Crippen LogP contribution is -2.31. The molecule has 1 aliphatic rings. The maximum Gasteiger partial charge on any atom is 0.275 e. The fraction of sp³-hybridized carbons (Fsp3) is 0.238. The van der Waals surface area contributed by atoms with Gasteiger partial charge in [-0.3, -0.25) is 9.48 Å². The van der Waals surface area contributed by atoms with Crippen LogP contribution in [0.15, 0.2) is 59.4 Å².